The third-order valence-corrected chi connectivity index (χ3v) is 3.31. The van der Waals surface area contributed by atoms with Gasteiger partial charge in [-0.2, -0.15) is 4.39 Å². The summed E-state index contributed by atoms with van der Waals surface area (Å²) in [5, 5.41) is 3.31. The molecule has 6 heteroatoms. The number of nitrogens with zero attached hydrogens (tertiary/aromatic N) is 2. The Morgan fingerprint density at radius 2 is 1.95 bits per heavy atom. The highest BCUT2D eigenvalue weighted by molar-refractivity contribution is 6.31. The molecule has 4 nitrogen and oxygen atoms in total. The lowest BCUT2D eigenvalue weighted by Gasteiger charge is -2.12. The standard InChI is InChI=1S/C16H11ClFN3O/c17-12-3-4-13(14(10-12)21-7-1-2-8-21)20-16(22)11-5-6-19-15(18)9-11/h1-10H,(H,20,22). The molecule has 1 amide bonds. The van der Waals surface area contributed by atoms with Crippen molar-refractivity contribution >= 4 is 23.2 Å². The van der Waals surface area contributed by atoms with Crippen molar-refractivity contribution in [2.75, 3.05) is 5.32 Å². The van der Waals surface area contributed by atoms with Gasteiger partial charge in [0.1, 0.15) is 0 Å². The molecular weight excluding hydrogens is 305 g/mol. The Labute approximate surface area is 131 Å². The predicted octanol–water partition coefficient (Wildman–Crippen LogP) is 3.92. The Morgan fingerprint density at radius 3 is 2.68 bits per heavy atom. The molecule has 0 saturated carbocycles. The number of amides is 1. The van der Waals surface area contributed by atoms with Crippen molar-refractivity contribution < 1.29 is 9.18 Å². The Bertz CT molecular complexity index is 818. The van der Waals surface area contributed by atoms with Gasteiger partial charge in [-0.3, -0.25) is 4.79 Å². The van der Waals surface area contributed by atoms with Gasteiger partial charge in [-0.05, 0) is 36.4 Å². The quantitative estimate of drug-likeness (QED) is 0.745. The van der Waals surface area contributed by atoms with Crippen molar-refractivity contribution in [1.29, 1.82) is 0 Å². The SMILES string of the molecule is O=C(Nc1ccc(Cl)cc1-n1cccc1)c1ccnc(F)c1. The van der Waals surface area contributed by atoms with Gasteiger partial charge in [0.05, 0.1) is 11.4 Å². The second-order valence-corrected chi connectivity index (χ2v) is 5.01. The van der Waals surface area contributed by atoms with Crippen LogP contribution in [0.3, 0.4) is 0 Å². The van der Waals surface area contributed by atoms with Crippen LogP contribution in [-0.4, -0.2) is 15.5 Å². The van der Waals surface area contributed by atoms with E-state index in [0.717, 1.165) is 11.8 Å². The largest absolute Gasteiger partial charge is 0.322 e. The maximum atomic E-state index is 13.1. The zero-order chi connectivity index (χ0) is 15.5. The first kappa shape index (κ1) is 14.3. The van der Waals surface area contributed by atoms with Crippen LogP contribution in [0.2, 0.25) is 5.02 Å². The lowest BCUT2D eigenvalue weighted by atomic mass is 10.2. The Morgan fingerprint density at radius 1 is 1.18 bits per heavy atom. The van der Waals surface area contributed by atoms with Crippen molar-refractivity contribution in [3.05, 3.63) is 77.6 Å². The average Bonchev–Trinajstić information content (AvgIpc) is 3.03. The van der Waals surface area contributed by atoms with Crippen LogP contribution >= 0.6 is 11.6 Å². The van der Waals surface area contributed by atoms with Gasteiger partial charge in [-0.15, -0.1) is 0 Å². The van der Waals surface area contributed by atoms with Gasteiger partial charge in [0.2, 0.25) is 5.95 Å². The number of anilines is 1. The second kappa shape index (κ2) is 5.99. The van der Waals surface area contributed by atoms with Crippen molar-refractivity contribution in [3.63, 3.8) is 0 Å². The van der Waals surface area contributed by atoms with E-state index in [1.54, 1.807) is 18.2 Å². The molecule has 1 aromatic carbocycles. The molecule has 0 bridgehead atoms. The lowest BCUT2D eigenvalue weighted by Crippen LogP contribution is -2.14. The van der Waals surface area contributed by atoms with E-state index in [2.05, 4.69) is 10.3 Å². The molecule has 0 unspecified atom stereocenters. The van der Waals surface area contributed by atoms with E-state index in [1.807, 2.05) is 29.1 Å². The van der Waals surface area contributed by atoms with Crippen molar-refractivity contribution in [2.24, 2.45) is 0 Å². The van der Waals surface area contributed by atoms with Gasteiger partial charge in [-0.25, -0.2) is 4.98 Å². The van der Waals surface area contributed by atoms with Gasteiger partial charge >= 0.3 is 0 Å². The molecule has 0 saturated heterocycles. The van der Waals surface area contributed by atoms with E-state index in [-0.39, 0.29) is 5.56 Å². The number of halogens is 2. The summed E-state index contributed by atoms with van der Waals surface area (Å²) in [6.07, 6.45) is 4.93. The molecule has 0 spiro atoms. The van der Waals surface area contributed by atoms with E-state index in [1.165, 1.54) is 12.3 Å². The fraction of sp³-hybridized carbons (Fsp3) is 0. The van der Waals surface area contributed by atoms with Crippen LogP contribution in [0, 0.1) is 5.95 Å². The van der Waals surface area contributed by atoms with Gasteiger partial charge in [-0.1, -0.05) is 11.6 Å². The molecule has 3 aromatic rings. The van der Waals surface area contributed by atoms with Crippen molar-refractivity contribution in [3.8, 4) is 5.69 Å². The second-order valence-electron chi connectivity index (χ2n) is 4.57. The van der Waals surface area contributed by atoms with E-state index in [9.17, 15) is 9.18 Å². The first-order valence-corrected chi connectivity index (χ1v) is 6.87. The zero-order valence-corrected chi connectivity index (χ0v) is 12.1. The fourth-order valence-corrected chi connectivity index (χ4v) is 2.22. The Kier molecular flexibility index (Phi) is 3.89. The summed E-state index contributed by atoms with van der Waals surface area (Å²) in [6, 6.07) is 11.4. The zero-order valence-electron chi connectivity index (χ0n) is 11.3. The van der Waals surface area contributed by atoms with Gasteiger partial charge < -0.3 is 9.88 Å². The summed E-state index contributed by atoms with van der Waals surface area (Å²) < 4.78 is 14.9. The highest BCUT2D eigenvalue weighted by Crippen LogP contribution is 2.25. The number of aromatic nitrogens is 2. The van der Waals surface area contributed by atoms with Crippen molar-refractivity contribution in [2.45, 2.75) is 0 Å². The summed E-state index contributed by atoms with van der Waals surface area (Å²) >= 11 is 6.02. The minimum Gasteiger partial charge on any atom is -0.322 e. The lowest BCUT2D eigenvalue weighted by molar-refractivity contribution is 0.102. The molecule has 22 heavy (non-hydrogen) atoms. The third kappa shape index (κ3) is 2.99. The maximum absolute atomic E-state index is 13.1. The molecule has 2 aromatic heterocycles. The molecule has 0 aliphatic heterocycles. The smallest absolute Gasteiger partial charge is 0.255 e. The van der Waals surface area contributed by atoms with E-state index >= 15 is 0 Å². The topological polar surface area (TPSA) is 46.9 Å². The van der Waals surface area contributed by atoms with Crippen LogP contribution in [-0.2, 0) is 0 Å². The highest BCUT2D eigenvalue weighted by atomic mass is 35.5. The summed E-state index contributed by atoms with van der Waals surface area (Å²) in [5.74, 6) is -1.12. The van der Waals surface area contributed by atoms with E-state index < -0.39 is 11.9 Å². The van der Waals surface area contributed by atoms with Gasteiger partial charge in [0.15, 0.2) is 0 Å². The molecule has 1 N–H and O–H groups in total. The molecule has 3 rings (SSSR count). The Balaban J connectivity index is 1.94. The summed E-state index contributed by atoms with van der Waals surface area (Å²) in [7, 11) is 0. The molecule has 0 aliphatic rings. The maximum Gasteiger partial charge on any atom is 0.255 e. The molecule has 0 atom stereocenters. The number of carbonyl (C=O) groups is 1. The summed E-state index contributed by atoms with van der Waals surface area (Å²) in [6.45, 7) is 0. The van der Waals surface area contributed by atoms with Gasteiger partial charge in [0, 0.05) is 35.2 Å². The van der Waals surface area contributed by atoms with Crippen LogP contribution in [0.1, 0.15) is 10.4 Å². The van der Waals surface area contributed by atoms with Crippen LogP contribution in [0.15, 0.2) is 61.1 Å². The molecular formula is C16H11ClFN3O. The minimum atomic E-state index is -0.700. The summed E-state index contributed by atoms with van der Waals surface area (Å²) in [5.41, 5.74) is 1.49. The summed E-state index contributed by atoms with van der Waals surface area (Å²) in [4.78, 5) is 15.7. The number of hydrogen-bond donors (Lipinski definition) is 1. The highest BCUT2D eigenvalue weighted by Gasteiger charge is 2.11. The first-order chi connectivity index (χ1) is 10.6. The Hall–Kier alpha value is -2.66. The normalized spacial score (nSPS) is 10.5. The minimum absolute atomic E-state index is 0.195. The number of carbonyl (C=O) groups excluding carboxylic acids is 1. The number of rotatable bonds is 3. The first-order valence-electron chi connectivity index (χ1n) is 6.49. The van der Waals surface area contributed by atoms with E-state index in [4.69, 9.17) is 11.6 Å². The number of pyridine rings is 1. The van der Waals surface area contributed by atoms with Gasteiger partial charge in [0.25, 0.3) is 5.91 Å². The molecule has 0 aliphatic carbocycles. The monoisotopic (exact) mass is 315 g/mol. The predicted molar refractivity (Wildman–Crippen MR) is 82.9 cm³/mol. The van der Waals surface area contributed by atoms with Crippen LogP contribution in [0.4, 0.5) is 10.1 Å². The van der Waals surface area contributed by atoms with E-state index in [0.29, 0.717) is 10.7 Å². The van der Waals surface area contributed by atoms with Crippen LogP contribution in [0.5, 0.6) is 0 Å². The molecule has 0 radical (unpaired) electrons. The van der Waals surface area contributed by atoms with Crippen molar-refractivity contribution in [1.82, 2.24) is 9.55 Å². The third-order valence-electron chi connectivity index (χ3n) is 3.08. The molecule has 110 valence electrons. The number of nitrogens with one attached hydrogen (secondary N) is 1. The van der Waals surface area contributed by atoms with Crippen LogP contribution in [0.25, 0.3) is 5.69 Å². The number of hydrogen-bond acceptors (Lipinski definition) is 2. The number of benzene rings is 1. The van der Waals surface area contributed by atoms with Crippen LogP contribution < -0.4 is 5.32 Å². The fourth-order valence-electron chi connectivity index (χ4n) is 2.06. The average molecular weight is 316 g/mol. The molecule has 2 heterocycles. The molecule has 0 fully saturated rings.